The number of alkyl halides is 1. The van der Waals surface area contributed by atoms with Crippen molar-refractivity contribution in [3.63, 3.8) is 0 Å². The van der Waals surface area contributed by atoms with Gasteiger partial charge in [-0.3, -0.25) is 10.1 Å². The molecule has 0 saturated carbocycles. The molecule has 0 aromatic heterocycles. The molecule has 1 N–H and O–H groups in total. The average molecular weight is 340 g/mol. The van der Waals surface area contributed by atoms with E-state index in [4.69, 9.17) is 27.9 Å². The highest BCUT2D eigenvalue weighted by Crippen LogP contribution is 2.51. The van der Waals surface area contributed by atoms with Crippen molar-refractivity contribution in [2.45, 2.75) is 17.2 Å². The zero-order valence-electron chi connectivity index (χ0n) is 11.1. The number of benzene rings is 2. The van der Waals surface area contributed by atoms with Crippen LogP contribution < -0.4 is 4.74 Å². The minimum absolute atomic E-state index is 0.291. The lowest BCUT2D eigenvalue weighted by atomic mass is 9.90. The summed E-state index contributed by atoms with van der Waals surface area (Å²) in [6, 6.07) is 12.9. The van der Waals surface area contributed by atoms with E-state index in [0.717, 1.165) is 0 Å². The lowest BCUT2D eigenvalue weighted by Crippen LogP contribution is -2.49. The summed E-state index contributed by atoms with van der Waals surface area (Å²) < 4.78 is 5.73. The number of nitrogens with zero attached hydrogens (tertiary/aromatic N) is 1. The molecule has 114 valence electrons. The summed E-state index contributed by atoms with van der Waals surface area (Å²) in [7, 11) is 0. The molecule has 0 fully saturated rings. The number of fused-ring (bicyclic) bond motifs is 1. The number of aliphatic hydroxyl groups is 1. The Morgan fingerprint density at radius 3 is 2.45 bits per heavy atom. The first-order chi connectivity index (χ1) is 10.4. The molecule has 1 aliphatic rings. The first-order valence-corrected chi connectivity index (χ1v) is 7.22. The van der Waals surface area contributed by atoms with E-state index < -0.39 is 22.1 Å². The van der Waals surface area contributed by atoms with Crippen LogP contribution in [-0.4, -0.2) is 15.0 Å². The number of hydrogen-bond acceptors (Lipinski definition) is 4. The van der Waals surface area contributed by atoms with Gasteiger partial charge in [0.25, 0.3) is 0 Å². The van der Waals surface area contributed by atoms with E-state index in [2.05, 4.69) is 0 Å². The van der Waals surface area contributed by atoms with Gasteiger partial charge in [0.15, 0.2) is 6.10 Å². The van der Waals surface area contributed by atoms with Gasteiger partial charge in [0.2, 0.25) is 6.10 Å². The molecule has 2 aromatic rings. The van der Waals surface area contributed by atoms with Crippen LogP contribution in [0, 0.1) is 10.1 Å². The summed E-state index contributed by atoms with van der Waals surface area (Å²) in [6.45, 7) is 0. The smallest absolute Gasteiger partial charge is 0.364 e. The number of hydrogen-bond donors (Lipinski definition) is 1. The maximum Gasteiger partial charge on any atom is 0.364 e. The molecule has 1 aliphatic heterocycles. The van der Waals surface area contributed by atoms with Gasteiger partial charge in [-0.2, -0.15) is 0 Å². The van der Waals surface area contributed by atoms with Crippen molar-refractivity contribution in [1.29, 1.82) is 0 Å². The van der Waals surface area contributed by atoms with Crippen molar-refractivity contribution in [3.8, 4) is 5.75 Å². The van der Waals surface area contributed by atoms with Crippen LogP contribution >= 0.6 is 23.2 Å². The molecule has 3 atom stereocenters. The van der Waals surface area contributed by atoms with Crippen molar-refractivity contribution < 1.29 is 14.8 Å². The van der Waals surface area contributed by atoms with Gasteiger partial charge in [-0.05, 0) is 29.8 Å². The third-order valence-corrected chi connectivity index (χ3v) is 4.46. The van der Waals surface area contributed by atoms with Crippen LogP contribution in [0.15, 0.2) is 48.5 Å². The Kier molecular flexibility index (Phi) is 3.72. The quantitative estimate of drug-likeness (QED) is 0.391. The molecule has 0 amide bonds. The number of ether oxygens (including phenoxy) is 1. The summed E-state index contributed by atoms with van der Waals surface area (Å²) in [5.74, 6) is 0.369. The van der Waals surface area contributed by atoms with Crippen LogP contribution in [0.1, 0.15) is 23.3 Å². The van der Waals surface area contributed by atoms with Crippen LogP contribution in [0.3, 0.4) is 0 Å². The normalized spacial score (nSPS) is 26.9. The largest absolute Gasteiger partial charge is 0.476 e. The standard InChI is InChI=1S/C15H11Cl2NO4/c16-10-7-5-9(6-8-10)14-15(17,18(20)21)13(19)11-3-1-2-4-12(11)22-14/h1-8,13-14,19H. The van der Waals surface area contributed by atoms with Crippen LogP contribution in [0.4, 0.5) is 0 Å². The molecule has 3 unspecified atom stereocenters. The van der Waals surface area contributed by atoms with Gasteiger partial charge in [0.05, 0.1) is 4.92 Å². The van der Waals surface area contributed by atoms with Gasteiger partial charge in [-0.25, -0.2) is 0 Å². The number of rotatable bonds is 2. The summed E-state index contributed by atoms with van der Waals surface area (Å²) in [6.07, 6.45) is -2.65. The number of nitro groups is 1. The maximum absolute atomic E-state index is 11.6. The van der Waals surface area contributed by atoms with E-state index in [-0.39, 0.29) is 0 Å². The first kappa shape index (κ1) is 15.1. The first-order valence-electron chi connectivity index (χ1n) is 6.47. The molecule has 7 heteroatoms. The fraction of sp³-hybridized carbons (Fsp3) is 0.200. The monoisotopic (exact) mass is 339 g/mol. The topological polar surface area (TPSA) is 72.6 Å². The molecule has 0 saturated heterocycles. The maximum atomic E-state index is 11.6. The zero-order valence-corrected chi connectivity index (χ0v) is 12.7. The molecule has 0 bridgehead atoms. The average Bonchev–Trinajstić information content (AvgIpc) is 2.51. The lowest BCUT2D eigenvalue weighted by Gasteiger charge is -2.37. The minimum Gasteiger partial charge on any atom is -0.476 e. The van der Waals surface area contributed by atoms with E-state index in [0.29, 0.717) is 21.9 Å². The highest BCUT2D eigenvalue weighted by molar-refractivity contribution is 6.30. The predicted molar refractivity (Wildman–Crippen MR) is 81.8 cm³/mol. The van der Waals surface area contributed by atoms with Crippen LogP contribution in [0.2, 0.25) is 5.02 Å². The molecule has 0 spiro atoms. The van der Waals surface area contributed by atoms with Crippen molar-refractivity contribution >= 4 is 23.2 Å². The van der Waals surface area contributed by atoms with Crippen LogP contribution in [0.25, 0.3) is 0 Å². The number of aliphatic hydroxyl groups excluding tert-OH is 1. The Balaban J connectivity index is 2.15. The van der Waals surface area contributed by atoms with Crippen LogP contribution in [0.5, 0.6) is 5.75 Å². The van der Waals surface area contributed by atoms with Gasteiger partial charge in [-0.1, -0.05) is 41.9 Å². The Morgan fingerprint density at radius 1 is 1.18 bits per heavy atom. The number of halogens is 2. The SMILES string of the molecule is O=[N+]([O-])C1(Cl)C(O)c2ccccc2OC1c1ccc(Cl)cc1. The van der Waals surface area contributed by atoms with Crippen molar-refractivity contribution in [2.75, 3.05) is 0 Å². The van der Waals surface area contributed by atoms with E-state index in [1.807, 2.05) is 0 Å². The molecule has 3 rings (SSSR count). The second kappa shape index (κ2) is 5.43. The van der Waals surface area contributed by atoms with Crippen molar-refractivity contribution in [1.82, 2.24) is 0 Å². The molecular weight excluding hydrogens is 329 g/mol. The third kappa shape index (κ3) is 2.22. The summed E-state index contributed by atoms with van der Waals surface area (Å²) in [5, 5.41) is 22.5. The fourth-order valence-corrected chi connectivity index (χ4v) is 2.93. The third-order valence-electron chi connectivity index (χ3n) is 3.66. The van der Waals surface area contributed by atoms with Crippen molar-refractivity contribution in [3.05, 3.63) is 74.8 Å². The van der Waals surface area contributed by atoms with Gasteiger partial charge >= 0.3 is 5.00 Å². The van der Waals surface area contributed by atoms with E-state index in [9.17, 15) is 15.2 Å². The minimum atomic E-state index is -2.22. The van der Waals surface area contributed by atoms with E-state index in [1.165, 1.54) is 0 Å². The summed E-state index contributed by atoms with van der Waals surface area (Å²) >= 11 is 12.1. The molecule has 0 aliphatic carbocycles. The summed E-state index contributed by atoms with van der Waals surface area (Å²) in [5.41, 5.74) is 0.754. The van der Waals surface area contributed by atoms with Gasteiger partial charge < -0.3 is 9.84 Å². The Morgan fingerprint density at radius 2 is 1.82 bits per heavy atom. The molecule has 1 heterocycles. The molecule has 5 nitrogen and oxygen atoms in total. The van der Waals surface area contributed by atoms with E-state index >= 15 is 0 Å². The molecule has 2 aromatic carbocycles. The highest BCUT2D eigenvalue weighted by Gasteiger charge is 2.61. The summed E-state index contributed by atoms with van der Waals surface area (Å²) in [4.78, 5) is 8.62. The van der Waals surface area contributed by atoms with Crippen molar-refractivity contribution in [2.24, 2.45) is 0 Å². The fourth-order valence-electron chi connectivity index (χ4n) is 2.52. The lowest BCUT2D eigenvalue weighted by molar-refractivity contribution is -0.570. The van der Waals surface area contributed by atoms with Gasteiger partial charge in [0, 0.05) is 16.1 Å². The number of para-hydroxylation sites is 1. The molecular formula is C15H11Cl2NO4. The highest BCUT2D eigenvalue weighted by atomic mass is 35.5. The molecule has 22 heavy (non-hydrogen) atoms. The zero-order chi connectivity index (χ0) is 15.9. The van der Waals surface area contributed by atoms with Crippen LogP contribution in [-0.2, 0) is 0 Å². The second-order valence-corrected chi connectivity index (χ2v) is 6.02. The Hall–Kier alpha value is -1.82. The van der Waals surface area contributed by atoms with E-state index in [1.54, 1.807) is 48.5 Å². The Labute approximate surface area is 136 Å². The Bertz CT molecular complexity index is 722. The predicted octanol–water partition coefficient (Wildman–Crippen LogP) is 3.72. The second-order valence-electron chi connectivity index (χ2n) is 4.97. The van der Waals surface area contributed by atoms with Gasteiger partial charge in [0.1, 0.15) is 5.75 Å². The van der Waals surface area contributed by atoms with Gasteiger partial charge in [-0.15, -0.1) is 0 Å². The molecule has 0 radical (unpaired) electrons.